The van der Waals surface area contributed by atoms with Crippen molar-refractivity contribution in [1.82, 2.24) is 0 Å². The second-order valence-electron chi connectivity index (χ2n) is 5.47. The van der Waals surface area contributed by atoms with Gasteiger partial charge in [-0.2, -0.15) is 0 Å². The second kappa shape index (κ2) is 7.34. The number of aliphatic hydroxyl groups excluding tert-OH is 1. The first-order valence-electron chi connectivity index (χ1n) is 7.70. The Morgan fingerprint density at radius 3 is 2.22 bits per heavy atom. The van der Waals surface area contributed by atoms with Gasteiger partial charge in [-0.3, -0.25) is 19.2 Å². The van der Waals surface area contributed by atoms with E-state index in [-0.39, 0.29) is 28.2 Å². The van der Waals surface area contributed by atoms with Gasteiger partial charge < -0.3 is 19.0 Å². The Labute approximate surface area is 151 Å². The van der Waals surface area contributed by atoms with E-state index in [9.17, 15) is 24.0 Å². The van der Waals surface area contributed by atoms with E-state index in [0.717, 1.165) is 6.07 Å². The van der Waals surface area contributed by atoms with Crippen LogP contribution in [0.3, 0.4) is 0 Å². The van der Waals surface area contributed by atoms with Gasteiger partial charge >= 0.3 is 11.9 Å². The van der Waals surface area contributed by atoms with E-state index in [1.165, 1.54) is 12.1 Å². The first kappa shape index (κ1) is 18.2. The number of ketones is 3. The van der Waals surface area contributed by atoms with Crippen molar-refractivity contribution in [2.45, 2.75) is 6.42 Å². The van der Waals surface area contributed by atoms with Crippen LogP contribution in [0.2, 0.25) is 0 Å². The van der Waals surface area contributed by atoms with Crippen molar-refractivity contribution >= 4 is 29.3 Å². The van der Waals surface area contributed by atoms with Crippen LogP contribution in [0.25, 0.3) is 0 Å². The Morgan fingerprint density at radius 2 is 1.56 bits per heavy atom. The Kier molecular flexibility index (Phi) is 4.95. The van der Waals surface area contributed by atoms with Crippen LogP contribution in [-0.4, -0.2) is 47.8 Å². The molecule has 1 aromatic carbocycles. The van der Waals surface area contributed by atoms with Crippen LogP contribution >= 0.6 is 0 Å². The van der Waals surface area contributed by atoms with Crippen molar-refractivity contribution in [3.05, 3.63) is 58.5 Å². The molecule has 1 heterocycles. The molecule has 1 aliphatic carbocycles. The highest BCUT2D eigenvalue weighted by atomic mass is 16.7. The molecule has 0 aliphatic heterocycles. The summed E-state index contributed by atoms with van der Waals surface area (Å²) in [6.07, 6.45) is -0.752. The van der Waals surface area contributed by atoms with Crippen molar-refractivity contribution in [3.63, 3.8) is 0 Å². The van der Waals surface area contributed by atoms with Gasteiger partial charge in [-0.05, 0) is 6.07 Å². The van der Waals surface area contributed by atoms with Gasteiger partial charge in [-0.15, -0.1) is 0 Å². The molecule has 2 aromatic rings. The third kappa shape index (κ3) is 3.53. The Hall–Kier alpha value is -3.59. The topological polar surface area (TPSA) is 137 Å². The van der Waals surface area contributed by atoms with Crippen LogP contribution in [0.5, 0.6) is 0 Å². The molecule has 0 bridgehead atoms. The molecule has 0 radical (unpaired) electrons. The third-order valence-corrected chi connectivity index (χ3v) is 3.75. The quantitative estimate of drug-likeness (QED) is 0.286. The number of benzene rings is 1. The van der Waals surface area contributed by atoms with Crippen LogP contribution in [0.1, 0.15) is 49.0 Å². The number of Topliss-reactive ketones (excluding diaryl/α,β-unsaturated/α-hetero) is 1. The molecular formula is C18H12O9. The number of aliphatic hydroxyl groups is 1. The predicted octanol–water partition coefficient (Wildman–Crippen LogP) is 0.664. The molecule has 9 heteroatoms. The lowest BCUT2D eigenvalue weighted by Crippen LogP contribution is -2.18. The van der Waals surface area contributed by atoms with Crippen molar-refractivity contribution in [2.24, 2.45) is 0 Å². The average Bonchev–Trinajstić information content (AvgIpc) is 3.12. The zero-order valence-electron chi connectivity index (χ0n) is 13.7. The number of carbonyl (C=O) groups is 5. The fourth-order valence-electron chi connectivity index (χ4n) is 2.49. The highest BCUT2D eigenvalue weighted by Crippen LogP contribution is 2.29. The van der Waals surface area contributed by atoms with Gasteiger partial charge in [-0.1, -0.05) is 24.3 Å². The van der Waals surface area contributed by atoms with Crippen LogP contribution in [-0.2, 0) is 19.1 Å². The minimum absolute atomic E-state index is 0.0488. The summed E-state index contributed by atoms with van der Waals surface area (Å²) in [5.41, 5.74) is 0.334. The van der Waals surface area contributed by atoms with E-state index in [1.807, 2.05) is 0 Å². The van der Waals surface area contributed by atoms with Crippen LogP contribution in [0, 0.1) is 0 Å². The minimum Gasteiger partial charge on any atom is -0.449 e. The van der Waals surface area contributed by atoms with Gasteiger partial charge in [0, 0.05) is 11.1 Å². The van der Waals surface area contributed by atoms with Gasteiger partial charge in [-0.25, -0.2) is 4.79 Å². The fraction of sp³-hybridized carbons (Fsp3) is 0.167. The normalized spacial score (nSPS) is 12.2. The molecule has 0 amide bonds. The molecule has 1 aliphatic rings. The predicted molar refractivity (Wildman–Crippen MR) is 85.1 cm³/mol. The first-order chi connectivity index (χ1) is 12.9. The van der Waals surface area contributed by atoms with E-state index >= 15 is 0 Å². The summed E-state index contributed by atoms with van der Waals surface area (Å²) in [5, 5.41) is 8.45. The summed E-state index contributed by atoms with van der Waals surface area (Å²) in [7, 11) is 0. The smallest absolute Gasteiger partial charge is 0.334 e. The van der Waals surface area contributed by atoms with Crippen LogP contribution in [0.4, 0.5) is 0 Å². The number of ether oxygens (including phenoxy) is 2. The summed E-state index contributed by atoms with van der Waals surface area (Å²) < 4.78 is 14.1. The van der Waals surface area contributed by atoms with Gasteiger partial charge in [0.05, 0.1) is 5.56 Å². The van der Waals surface area contributed by atoms with Gasteiger partial charge in [0.2, 0.25) is 18.4 Å². The zero-order chi connectivity index (χ0) is 19.6. The highest BCUT2D eigenvalue weighted by Gasteiger charge is 2.34. The summed E-state index contributed by atoms with van der Waals surface area (Å²) in [4.78, 5) is 59.3. The number of rotatable bonds is 6. The Bertz CT molecular complexity index is 914. The summed E-state index contributed by atoms with van der Waals surface area (Å²) in [6.45, 7) is -1.63. The fourth-order valence-corrected chi connectivity index (χ4v) is 2.49. The molecule has 138 valence electrons. The van der Waals surface area contributed by atoms with E-state index in [0.29, 0.717) is 0 Å². The van der Waals surface area contributed by atoms with E-state index in [2.05, 4.69) is 9.47 Å². The molecule has 0 saturated heterocycles. The number of hydrogen-bond donors (Lipinski definition) is 1. The van der Waals surface area contributed by atoms with Gasteiger partial charge in [0.25, 0.3) is 0 Å². The van der Waals surface area contributed by atoms with E-state index in [1.54, 1.807) is 12.1 Å². The summed E-state index contributed by atoms with van der Waals surface area (Å²) >= 11 is 0. The monoisotopic (exact) mass is 372 g/mol. The average molecular weight is 372 g/mol. The second-order valence-corrected chi connectivity index (χ2v) is 5.47. The standard InChI is InChI=1S/C18H12O9/c19-7-15(22)26-8-25-14(21)6-12(20)13-5-11-16(23)9-3-1-2-4-10(9)17(24)18(11)27-13/h1-5,19H,6-8H2. The number of fused-ring (bicyclic) bond motifs is 2. The molecule has 1 N–H and O–H groups in total. The van der Waals surface area contributed by atoms with Crippen molar-refractivity contribution in [2.75, 3.05) is 13.4 Å². The van der Waals surface area contributed by atoms with E-state index < -0.39 is 49.1 Å². The van der Waals surface area contributed by atoms with Gasteiger partial charge in [0.1, 0.15) is 13.0 Å². The highest BCUT2D eigenvalue weighted by molar-refractivity contribution is 6.28. The maximum atomic E-state index is 12.5. The summed E-state index contributed by atoms with van der Waals surface area (Å²) in [5.74, 6) is -4.40. The third-order valence-electron chi connectivity index (χ3n) is 3.75. The molecule has 0 fully saturated rings. The minimum atomic E-state index is -1.01. The lowest BCUT2D eigenvalue weighted by molar-refractivity contribution is -0.168. The van der Waals surface area contributed by atoms with Crippen molar-refractivity contribution in [3.8, 4) is 0 Å². The number of carbonyl (C=O) groups excluding carboxylic acids is 5. The number of hydrogen-bond acceptors (Lipinski definition) is 9. The molecule has 9 nitrogen and oxygen atoms in total. The maximum Gasteiger partial charge on any atom is 0.334 e. The first-order valence-corrected chi connectivity index (χ1v) is 7.70. The molecule has 0 saturated carbocycles. The van der Waals surface area contributed by atoms with Crippen molar-refractivity contribution < 1.29 is 43.0 Å². The van der Waals surface area contributed by atoms with E-state index in [4.69, 9.17) is 9.52 Å². The number of esters is 2. The molecule has 0 spiro atoms. The lowest BCUT2D eigenvalue weighted by atomic mass is 9.88. The van der Waals surface area contributed by atoms with Crippen LogP contribution in [0.15, 0.2) is 34.7 Å². The Morgan fingerprint density at radius 1 is 0.926 bits per heavy atom. The SMILES string of the molecule is O=C(CO)OCOC(=O)CC(=O)c1cc2c(o1)C(=O)c1ccccc1C2=O. The van der Waals surface area contributed by atoms with Gasteiger partial charge in [0.15, 0.2) is 17.3 Å². The molecule has 1 aromatic heterocycles. The largest absolute Gasteiger partial charge is 0.449 e. The Balaban J connectivity index is 1.72. The summed E-state index contributed by atoms with van der Waals surface area (Å²) in [6, 6.07) is 7.31. The molecule has 3 rings (SSSR count). The lowest BCUT2D eigenvalue weighted by Gasteiger charge is -2.11. The molecule has 0 unspecified atom stereocenters. The zero-order valence-corrected chi connectivity index (χ0v) is 13.7. The van der Waals surface area contributed by atoms with Crippen LogP contribution < -0.4 is 0 Å². The molecule has 0 atom stereocenters. The molecule has 27 heavy (non-hydrogen) atoms. The van der Waals surface area contributed by atoms with Crippen molar-refractivity contribution in [1.29, 1.82) is 0 Å². The molecular weight excluding hydrogens is 360 g/mol. The number of furan rings is 1. The maximum absolute atomic E-state index is 12.5.